The van der Waals surface area contributed by atoms with Crippen LogP contribution in [0.2, 0.25) is 0 Å². The van der Waals surface area contributed by atoms with Crippen molar-refractivity contribution in [2.75, 3.05) is 26.2 Å². The van der Waals surface area contributed by atoms with E-state index in [1.54, 1.807) is 0 Å². The molecule has 2 rings (SSSR count). The Hall–Kier alpha value is -1.06. The highest BCUT2D eigenvalue weighted by Crippen LogP contribution is 2.26. The Morgan fingerprint density at radius 1 is 1.24 bits per heavy atom. The van der Waals surface area contributed by atoms with E-state index in [0.29, 0.717) is 6.04 Å². The van der Waals surface area contributed by atoms with Crippen molar-refractivity contribution in [2.24, 2.45) is 0 Å². The highest BCUT2D eigenvalue weighted by molar-refractivity contribution is 5.38. The highest BCUT2D eigenvalue weighted by Gasteiger charge is 2.16. The van der Waals surface area contributed by atoms with E-state index in [0.717, 1.165) is 25.4 Å². The molecule has 118 valence electrons. The van der Waals surface area contributed by atoms with Gasteiger partial charge in [0.15, 0.2) is 0 Å². The number of benzene rings is 1. The van der Waals surface area contributed by atoms with Crippen LogP contribution in [0.15, 0.2) is 18.2 Å². The van der Waals surface area contributed by atoms with E-state index in [9.17, 15) is 0 Å². The molecular weight excluding hydrogens is 260 g/mol. The quantitative estimate of drug-likeness (QED) is 0.789. The van der Waals surface area contributed by atoms with Gasteiger partial charge in [-0.05, 0) is 70.4 Å². The van der Waals surface area contributed by atoms with Crippen molar-refractivity contribution in [1.82, 2.24) is 10.2 Å². The summed E-state index contributed by atoms with van der Waals surface area (Å²) in [6.45, 7) is 11.8. The summed E-state index contributed by atoms with van der Waals surface area (Å²) in [6, 6.07) is 7.08. The molecule has 1 aromatic carbocycles. The van der Waals surface area contributed by atoms with Gasteiger partial charge in [-0.25, -0.2) is 0 Å². The van der Waals surface area contributed by atoms with Gasteiger partial charge in [-0.1, -0.05) is 13.0 Å². The van der Waals surface area contributed by atoms with E-state index in [1.807, 2.05) is 0 Å². The van der Waals surface area contributed by atoms with Crippen LogP contribution in [0.25, 0.3) is 0 Å². The average Bonchev–Trinajstić information content (AvgIpc) is 2.99. The lowest BCUT2D eigenvalue weighted by atomic mass is 10.0. The van der Waals surface area contributed by atoms with Gasteiger partial charge in [-0.15, -0.1) is 0 Å². The van der Waals surface area contributed by atoms with Gasteiger partial charge in [0.05, 0.1) is 6.61 Å². The molecule has 1 atom stereocenters. The zero-order valence-corrected chi connectivity index (χ0v) is 13.8. The number of nitrogens with one attached hydrogen (secondary N) is 1. The predicted octanol–water partition coefficient (Wildman–Crippen LogP) is 3.74. The second-order valence-electron chi connectivity index (χ2n) is 5.96. The van der Waals surface area contributed by atoms with E-state index in [-0.39, 0.29) is 0 Å². The fourth-order valence-electron chi connectivity index (χ4n) is 2.95. The second kappa shape index (κ2) is 8.40. The normalized spacial score (nSPS) is 17.1. The molecule has 1 aliphatic heterocycles. The summed E-state index contributed by atoms with van der Waals surface area (Å²) < 4.78 is 5.82. The number of ether oxygens (including phenoxy) is 1. The van der Waals surface area contributed by atoms with Crippen molar-refractivity contribution >= 4 is 0 Å². The monoisotopic (exact) mass is 290 g/mol. The first-order valence-electron chi connectivity index (χ1n) is 8.46. The van der Waals surface area contributed by atoms with Gasteiger partial charge in [0, 0.05) is 18.2 Å². The molecule has 0 aliphatic carbocycles. The summed E-state index contributed by atoms with van der Waals surface area (Å²) in [5.41, 5.74) is 2.70. The molecule has 21 heavy (non-hydrogen) atoms. The maximum absolute atomic E-state index is 5.82. The maximum Gasteiger partial charge on any atom is 0.123 e. The fourth-order valence-corrected chi connectivity index (χ4v) is 2.95. The van der Waals surface area contributed by atoms with Crippen LogP contribution in [0.3, 0.4) is 0 Å². The Balaban J connectivity index is 2.12. The summed E-state index contributed by atoms with van der Waals surface area (Å²) in [5.74, 6) is 1.05. The van der Waals surface area contributed by atoms with Gasteiger partial charge < -0.3 is 10.1 Å². The molecule has 1 saturated heterocycles. The Morgan fingerprint density at radius 2 is 2.00 bits per heavy atom. The van der Waals surface area contributed by atoms with Crippen LogP contribution < -0.4 is 10.1 Å². The third-order valence-corrected chi connectivity index (χ3v) is 4.18. The van der Waals surface area contributed by atoms with Crippen LogP contribution in [-0.4, -0.2) is 31.1 Å². The molecule has 1 aliphatic rings. The van der Waals surface area contributed by atoms with Crippen LogP contribution in [-0.2, 0) is 6.54 Å². The molecular formula is C18H30N2O. The van der Waals surface area contributed by atoms with E-state index < -0.39 is 0 Å². The van der Waals surface area contributed by atoms with E-state index >= 15 is 0 Å². The van der Waals surface area contributed by atoms with Crippen molar-refractivity contribution in [3.8, 4) is 5.75 Å². The molecule has 1 N–H and O–H groups in total. The smallest absolute Gasteiger partial charge is 0.123 e. The Kier molecular flexibility index (Phi) is 6.52. The average molecular weight is 290 g/mol. The van der Waals surface area contributed by atoms with Crippen LogP contribution in [0.1, 0.15) is 57.2 Å². The van der Waals surface area contributed by atoms with Gasteiger partial charge >= 0.3 is 0 Å². The van der Waals surface area contributed by atoms with Crippen molar-refractivity contribution < 1.29 is 4.74 Å². The number of nitrogens with zero attached hydrogens (tertiary/aromatic N) is 1. The molecule has 1 unspecified atom stereocenters. The lowest BCUT2D eigenvalue weighted by molar-refractivity contribution is 0.304. The summed E-state index contributed by atoms with van der Waals surface area (Å²) in [4.78, 5) is 2.53. The number of hydrogen-bond donors (Lipinski definition) is 1. The molecule has 1 aromatic rings. The molecule has 0 amide bonds. The highest BCUT2D eigenvalue weighted by atomic mass is 16.5. The van der Waals surface area contributed by atoms with Gasteiger partial charge in [0.2, 0.25) is 0 Å². The first-order chi connectivity index (χ1) is 10.2. The third kappa shape index (κ3) is 4.72. The minimum atomic E-state index is 0.401. The summed E-state index contributed by atoms with van der Waals surface area (Å²) in [7, 11) is 0. The first-order valence-corrected chi connectivity index (χ1v) is 8.46. The lowest BCUT2D eigenvalue weighted by Crippen LogP contribution is -2.21. The molecule has 0 spiro atoms. The minimum absolute atomic E-state index is 0.401. The molecule has 3 nitrogen and oxygen atoms in total. The summed E-state index contributed by atoms with van der Waals surface area (Å²) in [6.07, 6.45) is 3.83. The lowest BCUT2D eigenvalue weighted by Gasteiger charge is -2.20. The minimum Gasteiger partial charge on any atom is -0.494 e. The van der Waals surface area contributed by atoms with Crippen LogP contribution in [0, 0.1) is 0 Å². The van der Waals surface area contributed by atoms with Crippen molar-refractivity contribution in [1.29, 1.82) is 0 Å². The summed E-state index contributed by atoms with van der Waals surface area (Å²) >= 11 is 0. The molecule has 0 bridgehead atoms. The molecule has 0 aromatic heterocycles. The van der Waals surface area contributed by atoms with Gasteiger partial charge in [0.1, 0.15) is 5.75 Å². The van der Waals surface area contributed by atoms with Crippen LogP contribution in [0.5, 0.6) is 5.75 Å². The molecule has 1 fully saturated rings. The molecule has 0 radical (unpaired) electrons. The second-order valence-corrected chi connectivity index (χ2v) is 5.96. The van der Waals surface area contributed by atoms with Crippen LogP contribution >= 0.6 is 0 Å². The summed E-state index contributed by atoms with van der Waals surface area (Å²) in [5, 5.41) is 3.57. The Labute approximate surface area is 129 Å². The van der Waals surface area contributed by atoms with Gasteiger partial charge in [-0.2, -0.15) is 0 Å². The SMILES string of the molecule is CCCNC(C)c1ccc(OCC)c(CN2CCCC2)c1. The number of rotatable bonds is 8. The zero-order chi connectivity index (χ0) is 15.1. The largest absolute Gasteiger partial charge is 0.494 e. The van der Waals surface area contributed by atoms with Gasteiger partial charge in [0.25, 0.3) is 0 Å². The molecule has 1 heterocycles. The zero-order valence-electron chi connectivity index (χ0n) is 13.8. The van der Waals surface area contributed by atoms with E-state index in [4.69, 9.17) is 4.74 Å². The topological polar surface area (TPSA) is 24.5 Å². The third-order valence-electron chi connectivity index (χ3n) is 4.18. The van der Waals surface area contributed by atoms with Gasteiger partial charge in [-0.3, -0.25) is 4.90 Å². The van der Waals surface area contributed by atoms with Crippen LogP contribution in [0.4, 0.5) is 0 Å². The fraction of sp³-hybridized carbons (Fsp3) is 0.667. The molecule has 0 saturated carbocycles. The standard InChI is InChI=1S/C18H30N2O/c1-4-10-19-15(3)16-8-9-18(21-5-2)17(13-16)14-20-11-6-7-12-20/h8-9,13,15,19H,4-7,10-12,14H2,1-3H3. The maximum atomic E-state index is 5.82. The van der Waals surface area contributed by atoms with Crippen molar-refractivity contribution in [3.05, 3.63) is 29.3 Å². The predicted molar refractivity (Wildman–Crippen MR) is 88.8 cm³/mol. The molecule has 3 heteroatoms. The van der Waals surface area contributed by atoms with Crippen molar-refractivity contribution in [3.63, 3.8) is 0 Å². The van der Waals surface area contributed by atoms with E-state index in [2.05, 4.69) is 49.2 Å². The number of hydrogen-bond acceptors (Lipinski definition) is 3. The van der Waals surface area contributed by atoms with Crippen molar-refractivity contribution in [2.45, 2.75) is 52.6 Å². The first kappa shape index (κ1) is 16.3. The Bertz CT molecular complexity index is 427. The Morgan fingerprint density at radius 3 is 2.67 bits per heavy atom. The van der Waals surface area contributed by atoms with E-state index in [1.165, 1.54) is 43.5 Å². The number of likely N-dealkylation sites (tertiary alicyclic amines) is 1.